The van der Waals surface area contributed by atoms with Crippen molar-refractivity contribution < 1.29 is 8.42 Å². The Labute approximate surface area is 122 Å². The zero-order valence-corrected chi connectivity index (χ0v) is 13.1. The van der Waals surface area contributed by atoms with Crippen LogP contribution >= 0.6 is 0 Å². The van der Waals surface area contributed by atoms with E-state index in [0.29, 0.717) is 23.9 Å². The van der Waals surface area contributed by atoms with Gasteiger partial charge in [0.2, 0.25) is 10.0 Å². The number of benzene rings is 1. The molecule has 1 unspecified atom stereocenters. The van der Waals surface area contributed by atoms with Gasteiger partial charge in [0.15, 0.2) is 0 Å². The van der Waals surface area contributed by atoms with Crippen molar-refractivity contribution in [3.05, 3.63) is 29.8 Å². The van der Waals surface area contributed by atoms with E-state index in [2.05, 4.69) is 0 Å². The first kappa shape index (κ1) is 15.5. The predicted octanol–water partition coefficient (Wildman–Crippen LogP) is 2.52. The molecule has 1 aromatic carbocycles. The highest BCUT2D eigenvalue weighted by Crippen LogP contribution is 2.29. The van der Waals surface area contributed by atoms with Crippen LogP contribution in [0.25, 0.3) is 0 Å². The van der Waals surface area contributed by atoms with Gasteiger partial charge in [0, 0.05) is 19.1 Å². The van der Waals surface area contributed by atoms with Crippen LogP contribution < -0.4 is 5.73 Å². The Morgan fingerprint density at radius 1 is 1.30 bits per heavy atom. The molecule has 2 N–H and O–H groups in total. The van der Waals surface area contributed by atoms with Gasteiger partial charge >= 0.3 is 0 Å². The monoisotopic (exact) mass is 296 g/mol. The van der Waals surface area contributed by atoms with Gasteiger partial charge < -0.3 is 5.73 Å². The molecular weight excluding hydrogens is 272 g/mol. The topological polar surface area (TPSA) is 63.4 Å². The average Bonchev–Trinajstić information content (AvgIpc) is 2.37. The third kappa shape index (κ3) is 3.22. The van der Waals surface area contributed by atoms with Gasteiger partial charge in [-0.1, -0.05) is 25.5 Å². The minimum absolute atomic E-state index is 0.0796. The quantitative estimate of drug-likeness (QED) is 0.877. The average molecular weight is 296 g/mol. The number of nitrogens with zero attached hydrogens (tertiary/aromatic N) is 1. The van der Waals surface area contributed by atoms with E-state index in [1.54, 1.807) is 28.6 Å². The summed E-state index contributed by atoms with van der Waals surface area (Å²) < 4.78 is 26.8. The SMILES string of the molecule is CCN(CC1CCC1)S(=O)(=O)c1ccc(C(C)N)cc1. The molecule has 0 heterocycles. The van der Waals surface area contributed by atoms with Gasteiger partial charge in [-0.05, 0) is 43.4 Å². The van der Waals surface area contributed by atoms with Crippen molar-refractivity contribution in [2.45, 2.75) is 44.0 Å². The molecule has 1 aliphatic carbocycles. The minimum atomic E-state index is -3.37. The molecule has 0 spiro atoms. The van der Waals surface area contributed by atoms with Crippen molar-refractivity contribution in [1.82, 2.24) is 4.31 Å². The summed E-state index contributed by atoms with van der Waals surface area (Å²) in [5, 5.41) is 0. The van der Waals surface area contributed by atoms with Crippen LogP contribution in [-0.2, 0) is 10.0 Å². The van der Waals surface area contributed by atoms with E-state index in [1.165, 1.54) is 6.42 Å². The van der Waals surface area contributed by atoms with Crippen LogP contribution in [0.2, 0.25) is 0 Å². The Morgan fingerprint density at radius 2 is 1.90 bits per heavy atom. The highest BCUT2D eigenvalue weighted by Gasteiger charge is 2.28. The lowest BCUT2D eigenvalue weighted by Crippen LogP contribution is -2.37. The fraction of sp³-hybridized carbons (Fsp3) is 0.600. The van der Waals surface area contributed by atoms with Crippen molar-refractivity contribution in [3.8, 4) is 0 Å². The molecular formula is C15H24N2O2S. The molecule has 1 saturated carbocycles. The van der Waals surface area contributed by atoms with Crippen LogP contribution in [0, 0.1) is 5.92 Å². The highest BCUT2D eigenvalue weighted by molar-refractivity contribution is 7.89. The second kappa shape index (κ2) is 6.24. The van der Waals surface area contributed by atoms with Crippen LogP contribution in [0.4, 0.5) is 0 Å². The van der Waals surface area contributed by atoms with Crippen molar-refractivity contribution in [2.24, 2.45) is 11.7 Å². The fourth-order valence-corrected chi connectivity index (χ4v) is 3.98. The Kier molecular flexibility index (Phi) is 4.83. The molecule has 0 aromatic heterocycles. The molecule has 5 heteroatoms. The van der Waals surface area contributed by atoms with Gasteiger partial charge in [0.05, 0.1) is 4.90 Å². The van der Waals surface area contributed by atoms with E-state index < -0.39 is 10.0 Å². The lowest BCUT2D eigenvalue weighted by molar-refractivity contribution is 0.250. The predicted molar refractivity (Wildman–Crippen MR) is 80.8 cm³/mol. The van der Waals surface area contributed by atoms with E-state index in [9.17, 15) is 8.42 Å². The number of nitrogens with two attached hydrogens (primary N) is 1. The maximum absolute atomic E-state index is 12.6. The van der Waals surface area contributed by atoms with E-state index in [4.69, 9.17) is 5.73 Å². The first-order chi connectivity index (χ1) is 9.45. The molecule has 0 aliphatic heterocycles. The summed E-state index contributed by atoms with van der Waals surface area (Å²) in [4.78, 5) is 0.364. The van der Waals surface area contributed by atoms with Crippen molar-refractivity contribution in [1.29, 1.82) is 0 Å². The Morgan fingerprint density at radius 3 is 2.30 bits per heavy atom. The van der Waals surface area contributed by atoms with E-state index in [0.717, 1.165) is 18.4 Å². The summed E-state index contributed by atoms with van der Waals surface area (Å²) >= 11 is 0. The largest absolute Gasteiger partial charge is 0.324 e. The number of hydrogen-bond donors (Lipinski definition) is 1. The first-order valence-electron chi connectivity index (χ1n) is 7.31. The molecule has 1 atom stereocenters. The summed E-state index contributed by atoms with van der Waals surface area (Å²) in [6.45, 7) is 4.95. The van der Waals surface area contributed by atoms with Gasteiger partial charge in [-0.3, -0.25) is 0 Å². The van der Waals surface area contributed by atoms with Crippen LogP contribution in [0.3, 0.4) is 0 Å². The van der Waals surface area contributed by atoms with Crippen LogP contribution in [0.15, 0.2) is 29.2 Å². The second-order valence-corrected chi connectivity index (χ2v) is 7.55. The molecule has 0 radical (unpaired) electrons. The number of hydrogen-bond acceptors (Lipinski definition) is 3. The second-order valence-electron chi connectivity index (χ2n) is 5.61. The molecule has 1 aromatic rings. The molecule has 20 heavy (non-hydrogen) atoms. The Balaban J connectivity index is 2.18. The normalized spacial score (nSPS) is 18.0. The molecule has 112 valence electrons. The van der Waals surface area contributed by atoms with Crippen molar-refractivity contribution in [2.75, 3.05) is 13.1 Å². The third-order valence-electron chi connectivity index (χ3n) is 4.08. The molecule has 4 nitrogen and oxygen atoms in total. The summed E-state index contributed by atoms with van der Waals surface area (Å²) in [5.41, 5.74) is 6.74. The zero-order valence-electron chi connectivity index (χ0n) is 12.2. The van der Waals surface area contributed by atoms with Gasteiger partial charge in [0.25, 0.3) is 0 Å². The zero-order chi connectivity index (χ0) is 14.8. The Bertz CT molecular complexity index is 533. The molecule has 0 amide bonds. The smallest absolute Gasteiger partial charge is 0.243 e. The van der Waals surface area contributed by atoms with E-state index >= 15 is 0 Å². The summed E-state index contributed by atoms with van der Waals surface area (Å²) in [6.07, 6.45) is 3.52. The fourth-order valence-electron chi connectivity index (χ4n) is 2.45. The van der Waals surface area contributed by atoms with Crippen LogP contribution in [-0.4, -0.2) is 25.8 Å². The van der Waals surface area contributed by atoms with Crippen LogP contribution in [0.1, 0.15) is 44.7 Å². The number of sulfonamides is 1. The third-order valence-corrected chi connectivity index (χ3v) is 6.04. The lowest BCUT2D eigenvalue weighted by Gasteiger charge is -2.31. The van der Waals surface area contributed by atoms with Gasteiger partial charge in [-0.25, -0.2) is 8.42 Å². The van der Waals surface area contributed by atoms with E-state index in [-0.39, 0.29) is 6.04 Å². The molecule has 1 aliphatic rings. The summed E-state index contributed by atoms with van der Waals surface area (Å²) in [5.74, 6) is 0.535. The summed E-state index contributed by atoms with van der Waals surface area (Å²) in [6, 6.07) is 6.85. The Hall–Kier alpha value is -0.910. The first-order valence-corrected chi connectivity index (χ1v) is 8.75. The molecule has 2 rings (SSSR count). The van der Waals surface area contributed by atoms with Gasteiger partial charge in [-0.2, -0.15) is 4.31 Å². The van der Waals surface area contributed by atoms with Crippen LogP contribution in [0.5, 0.6) is 0 Å². The maximum Gasteiger partial charge on any atom is 0.243 e. The maximum atomic E-state index is 12.6. The number of rotatable bonds is 6. The van der Waals surface area contributed by atoms with Crippen molar-refractivity contribution >= 4 is 10.0 Å². The molecule has 0 saturated heterocycles. The summed E-state index contributed by atoms with van der Waals surface area (Å²) in [7, 11) is -3.37. The molecule has 1 fully saturated rings. The van der Waals surface area contributed by atoms with Gasteiger partial charge in [-0.15, -0.1) is 0 Å². The lowest BCUT2D eigenvalue weighted by atomic mass is 9.85. The minimum Gasteiger partial charge on any atom is -0.324 e. The highest BCUT2D eigenvalue weighted by atomic mass is 32.2. The van der Waals surface area contributed by atoms with E-state index in [1.807, 2.05) is 13.8 Å². The molecule has 0 bridgehead atoms. The standard InChI is InChI=1S/C15H24N2O2S/c1-3-17(11-13-5-4-6-13)20(18,19)15-9-7-14(8-10-15)12(2)16/h7-10,12-13H,3-6,11,16H2,1-2H3. The van der Waals surface area contributed by atoms with Gasteiger partial charge in [0.1, 0.15) is 0 Å². The van der Waals surface area contributed by atoms with Crippen molar-refractivity contribution in [3.63, 3.8) is 0 Å².